The maximum Gasteiger partial charge on any atom is 0.148 e. The van der Waals surface area contributed by atoms with Crippen molar-refractivity contribution >= 4 is 31.9 Å². The lowest BCUT2D eigenvalue weighted by Crippen LogP contribution is -2.15. The Morgan fingerprint density at radius 3 is 2.62 bits per heavy atom. The minimum absolute atomic E-state index is 0.493. The second kappa shape index (κ2) is 6.50. The Bertz CT molecular complexity index is 615. The predicted molar refractivity (Wildman–Crippen MR) is 89.2 cm³/mol. The highest BCUT2D eigenvalue weighted by molar-refractivity contribution is 9.11. The second-order valence-electron chi connectivity index (χ2n) is 5.33. The summed E-state index contributed by atoms with van der Waals surface area (Å²) in [5.41, 5.74) is 2.28. The van der Waals surface area contributed by atoms with Gasteiger partial charge in [-0.15, -0.1) is 0 Å². The van der Waals surface area contributed by atoms with Gasteiger partial charge in [0.2, 0.25) is 0 Å². The molecule has 0 bridgehead atoms. The molecule has 0 aliphatic heterocycles. The van der Waals surface area contributed by atoms with E-state index in [1.165, 1.54) is 18.4 Å². The van der Waals surface area contributed by atoms with Gasteiger partial charge in [0.25, 0.3) is 0 Å². The zero-order valence-corrected chi connectivity index (χ0v) is 14.9. The highest BCUT2D eigenvalue weighted by Gasteiger charge is 2.20. The third kappa shape index (κ3) is 3.87. The topological polar surface area (TPSA) is 39.1 Å². The molecule has 1 saturated carbocycles. The first-order valence-electron chi connectivity index (χ1n) is 6.93. The second-order valence-corrected chi connectivity index (χ2v) is 7.04. The van der Waals surface area contributed by atoms with Crippen LogP contribution < -0.4 is 10.1 Å². The average Bonchev–Trinajstić information content (AvgIpc) is 3.18. The largest absolute Gasteiger partial charge is 0.485 e. The molecule has 1 aliphatic carbocycles. The number of hydrogen-bond acceptors (Lipinski definition) is 3. The molecule has 1 aliphatic rings. The van der Waals surface area contributed by atoms with Crippen molar-refractivity contribution in [2.24, 2.45) is 7.05 Å². The maximum atomic E-state index is 5.91. The molecule has 0 unspecified atom stereocenters. The van der Waals surface area contributed by atoms with E-state index >= 15 is 0 Å². The molecule has 3 rings (SSSR count). The molecule has 0 saturated heterocycles. The fourth-order valence-corrected chi connectivity index (χ4v) is 3.58. The summed E-state index contributed by atoms with van der Waals surface area (Å²) in [4.78, 5) is 4.09. The molecule has 0 atom stereocenters. The van der Waals surface area contributed by atoms with E-state index in [0.717, 1.165) is 26.9 Å². The van der Waals surface area contributed by atoms with Crippen LogP contribution in [0.5, 0.6) is 5.75 Å². The minimum Gasteiger partial charge on any atom is -0.485 e. The van der Waals surface area contributed by atoms with E-state index in [4.69, 9.17) is 4.74 Å². The molecular weight excluding hydrogens is 398 g/mol. The number of nitrogens with zero attached hydrogens (tertiary/aromatic N) is 2. The predicted octanol–water partition coefficient (Wildman–Crippen LogP) is 3.78. The molecule has 112 valence electrons. The van der Waals surface area contributed by atoms with Gasteiger partial charge in [0.1, 0.15) is 12.4 Å². The van der Waals surface area contributed by atoms with Gasteiger partial charge in [-0.2, -0.15) is 0 Å². The lowest BCUT2D eigenvalue weighted by Gasteiger charge is -2.13. The summed E-state index contributed by atoms with van der Waals surface area (Å²) in [6, 6.07) is 4.93. The smallest absolute Gasteiger partial charge is 0.148 e. The van der Waals surface area contributed by atoms with Gasteiger partial charge >= 0.3 is 0 Å². The third-order valence-electron chi connectivity index (χ3n) is 3.51. The molecule has 1 heterocycles. The Morgan fingerprint density at radius 2 is 2.05 bits per heavy atom. The highest BCUT2D eigenvalue weighted by atomic mass is 79.9. The van der Waals surface area contributed by atoms with E-state index in [1.54, 1.807) is 6.33 Å². The van der Waals surface area contributed by atoms with E-state index in [1.807, 2.05) is 17.8 Å². The Kier molecular flexibility index (Phi) is 4.66. The monoisotopic (exact) mass is 413 g/mol. The maximum absolute atomic E-state index is 5.91. The van der Waals surface area contributed by atoms with Crippen molar-refractivity contribution in [3.8, 4) is 5.75 Å². The van der Waals surface area contributed by atoms with E-state index in [2.05, 4.69) is 54.3 Å². The van der Waals surface area contributed by atoms with Crippen molar-refractivity contribution in [3.05, 3.63) is 44.9 Å². The van der Waals surface area contributed by atoms with Gasteiger partial charge in [0.15, 0.2) is 0 Å². The standard InChI is InChI=1S/C15H17Br2N3O/c1-20-9-18-7-12(20)8-21-15-13(16)4-10(5-14(15)17)6-19-11-2-3-11/h4-5,7,9,11,19H,2-3,6,8H2,1H3. The molecule has 4 nitrogen and oxygen atoms in total. The van der Waals surface area contributed by atoms with Gasteiger partial charge in [-0.05, 0) is 62.4 Å². The number of hydrogen-bond donors (Lipinski definition) is 1. The van der Waals surface area contributed by atoms with Crippen LogP contribution in [0.2, 0.25) is 0 Å². The Hall–Kier alpha value is -0.850. The van der Waals surface area contributed by atoms with Crippen LogP contribution in [0.3, 0.4) is 0 Å². The van der Waals surface area contributed by atoms with Crippen LogP contribution in [-0.4, -0.2) is 15.6 Å². The van der Waals surface area contributed by atoms with E-state index in [9.17, 15) is 0 Å². The lowest BCUT2D eigenvalue weighted by molar-refractivity contribution is 0.293. The van der Waals surface area contributed by atoms with Gasteiger partial charge in [-0.25, -0.2) is 4.98 Å². The Balaban J connectivity index is 1.68. The quantitative estimate of drug-likeness (QED) is 0.781. The first kappa shape index (κ1) is 15.1. The molecule has 2 aromatic rings. The molecule has 1 N–H and O–H groups in total. The molecule has 0 amide bonds. The molecule has 1 aromatic carbocycles. The number of imidazole rings is 1. The minimum atomic E-state index is 0.493. The average molecular weight is 415 g/mol. The molecule has 1 aromatic heterocycles. The van der Waals surface area contributed by atoms with Gasteiger partial charge in [0.05, 0.1) is 27.2 Å². The molecule has 6 heteroatoms. The van der Waals surface area contributed by atoms with Crippen molar-refractivity contribution in [2.45, 2.75) is 32.0 Å². The van der Waals surface area contributed by atoms with Crippen LogP contribution in [-0.2, 0) is 20.2 Å². The number of rotatable bonds is 6. The Morgan fingerprint density at radius 1 is 1.33 bits per heavy atom. The molecule has 0 radical (unpaired) electrons. The van der Waals surface area contributed by atoms with Crippen LogP contribution in [0.15, 0.2) is 33.6 Å². The SMILES string of the molecule is Cn1cncc1COc1c(Br)cc(CNC2CC2)cc1Br. The first-order chi connectivity index (χ1) is 10.1. The summed E-state index contributed by atoms with van der Waals surface area (Å²) in [6.07, 6.45) is 6.19. The zero-order chi connectivity index (χ0) is 14.8. The van der Waals surface area contributed by atoms with Crippen molar-refractivity contribution in [1.82, 2.24) is 14.9 Å². The summed E-state index contributed by atoms with van der Waals surface area (Å²) < 4.78 is 9.79. The van der Waals surface area contributed by atoms with E-state index < -0.39 is 0 Å². The van der Waals surface area contributed by atoms with Crippen molar-refractivity contribution in [1.29, 1.82) is 0 Å². The summed E-state index contributed by atoms with van der Waals surface area (Å²) in [5, 5.41) is 3.51. The van der Waals surface area contributed by atoms with Crippen LogP contribution in [0, 0.1) is 0 Å². The van der Waals surface area contributed by atoms with E-state index in [0.29, 0.717) is 12.6 Å². The van der Waals surface area contributed by atoms with Crippen molar-refractivity contribution < 1.29 is 4.74 Å². The van der Waals surface area contributed by atoms with Gasteiger partial charge in [0, 0.05) is 19.6 Å². The van der Waals surface area contributed by atoms with Crippen LogP contribution in [0.4, 0.5) is 0 Å². The molecule has 1 fully saturated rings. The lowest BCUT2D eigenvalue weighted by atomic mass is 10.2. The summed E-state index contributed by atoms with van der Waals surface area (Å²) in [5.74, 6) is 0.825. The van der Waals surface area contributed by atoms with Gasteiger partial charge in [-0.3, -0.25) is 0 Å². The van der Waals surface area contributed by atoms with E-state index in [-0.39, 0.29) is 0 Å². The molecule has 21 heavy (non-hydrogen) atoms. The van der Waals surface area contributed by atoms with Crippen molar-refractivity contribution in [2.75, 3.05) is 0 Å². The molecular formula is C15H17Br2N3O. The summed E-state index contributed by atoms with van der Waals surface area (Å²) in [7, 11) is 1.96. The van der Waals surface area contributed by atoms with Gasteiger partial charge in [-0.1, -0.05) is 0 Å². The normalized spacial score (nSPS) is 14.4. The molecule has 0 spiro atoms. The number of halogens is 2. The zero-order valence-electron chi connectivity index (χ0n) is 11.8. The fourth-order valence-electron chi connectivity index (χ4n) is 2.07. The summed E-state index contributed by atoms with van der Waals surface area (Å²) >= 11 is 7.20. The number of ether oxygens (including phenoxy) is 1. The highest BCUT2D eigenvalue weighted by Crippen LogP contribution is 2.35. The number of nitrogens with one attached hydrogen (secondary N) is 1. The number of benzene rings is 1. The number of aryl methyl sites for hydroxylation is 1. The summed E-state index contributed by atoms with van der Waals surface area (Å²) in [6.45, 7) is 1.39. The first-order valence-corrected chi connectivity index (χ1v) is 8.51. The Labute approximate surface area is 141 Å². The fraction of sp³-hybridized carbons (Fsp3) is 0.400. The number of aromatic nitrogens is 2. The van der Waals surface area contributed by atoms with Crippen LogP contribution in [0.25, 0.3) is 0 Å². The van der Waals surface area contributed by atoms with Crippen molar-refractivity contribution in [3.63, 3.8) is 0 Å². The third-order valence-corrected chi connectivity index (χ3v) is 4.69. The van der Waals surface area contributed by atoms with Crippen LogP contribution in [0.1, 0.15) is 24.1 Å². The van der Waals surface area contributed by atoms with Crippen LogP contribution >= 0.6 is 31.9 Å². The van der Waals surface area contributed by atoms with Gasteiger partial charge < -0.3 is 14.6 Å².